The van der Waals surface area contributed by atoms with Gasteiger partial charge in [0.1, 0.15) is 5.82 Å². The van der Waals surface area contributed by atoms with Crippen LogP contribution in [0.25, 0.3) is 11.0 Å². The van der Waals surface area contributed by atoms with Crippen LogP contribution in [-0.2, 0) is 0 Å². The summed E-state index contributed by atoms with van der Waals surface area (Å²) in [6.07, 6.45) is 0. The SMILES string of the molecule is Cc1cc(Sc2nc3ccccc3[nH]2)c(C(C)N)cc1F. The first-order valence-corrected chi connectivity index (χ1v) is 7.54. The van der Waals surface area contributed by atoms with E-state index in [4.69, 9.17) is 5.73 Å². The number of hydrogen-bond donors (Lipinski definition) is 2. The van der Waals surface area contributed by atoms with Crippen molar-refractivity contribution in [3.8, 4) is 0 Å². The Balaban J connectivity index is 2.02. The van der Waals surface area contributed by atoms with Gasteiger partial charge in [0.15, 0.2) is 5.16 Å². The van der Waals surface area contributed by atoms with Gasteiger partial charge < -0.3 is 10.7 Å². The van der Waals surface area contributed by atoms with Crippen LogP contribution in [-0.4, -0.2) is 9.97 Å². The number of rotatable bonds is 3. The van der Waals surface area contributed by atoms with Crippen molar-refractivity contribution in [2.24, 2.45) is 5.73 Å². The molecule has 108 valence electrons. The minimum absolute atomic E-state index is 0.226. The van der Waals surface area contributed by atoms with Crippen LogP contribution in [0.4, 0.5) is 4.39 Å². The maximum absolute atomic E-state index is 13.7. The fourth-order valence-corrected chi connectivity index (χ4v) is 3.31. The highest BCUT2D eigenvalue weighted by atomic mass is 32.2. The predicted octanol–water partition coefficient (Wildman–Crippen LogP) is 4.18. The molecule has 0 aliphatic heterocycles. The van der Waals surface area contributed by atoms with Gasteiger partial charge in [0.05, 0.1) is 11.0 Å². The lowest BCUT2D eigenvalue weighted by atomic mass is 10.1. The summed E-state index contributed by atoms with van der Waals surface area (Å²) in [5.41, 5.74) is 9.26. The van der Waals surface area contributed by atoms with Crippen LogP contribution in [0.15, 0.2) is 46.5 Å². The number of para-hydroxylation sites is 2. The average Bonchev–Trinajstić information content (AvgIpc) is 2.84. The van der Waals surface area contributed by atoms with E-state index in [0.717, 1.165) is 26.6 Å². The Bertz CT molecular complexity index is 762. The van der Waals surface area contributed by atoms with E-state index in [-0.39, 0.29) is 11.9 Å². The highest BCUT2D eigenvalue weighted by Crippen LogP contribution is 2.33. The number of imidazole rings is 1. The lowest BCUT2D eigenvalue weighted by Crippen LogP contribution is -2.07. The number of aryl methyl sites for hydroxylation is 1. The van der Waals surface area contributed by atoms with E-state index in [9.17, 15) is 4.39 Å². The molecule has 3 nitrogen and oxygen atoms in total. The molecule has 0 amide bonds. The quantitative estimate of drug-likeness (QED) is 0.763. The second-order valence-corrected chi connectivity index (χ2v) is 6.12. The number of aromatic nitrogens is 2. The lowest BCUT2D eigenvalue weighted by molar-refractivity contribution is 0.610. The smallest absolute Gasteiger partial charge is 0.171 e. The largest absolute Gasteiger partial charge is 0.333 e. The highest BCUT2D eigenvalue weighted by Gasteiger charge is 2.14. The van der Waals surface area contributed by atoms with Crippen LogP contribution in [0.3, 0.4) is 0 Å². The van der Waals surface area contributed by atoms with Gasteiger partial charge in [0.2, 0.25) is 0 Å². The summed E-state index contributed by atoms with van der Waals surface area (Å²) >= 11 is 1.48. The Morgan fingerprint density at radius 2 is 2.05 bits per heavy atom. The van der Waals surface area contributed by atoms with Crippen LogP contribution in [0, 0.1) is 12.7 Å². The number of aromatic amines is 1. The molecule has 1 aromatic heterocycles. The third kappa shape index (κ3) is 2.80. The monoisotopic (exact) mass is 301 g/mol. The highest BCUT2D eigenvalue weighted by molar-refractivity contribution is 7.99. The molecule has 0 spiro atoms. The maximum atomic E-state index is 13.7. The van der Waals surface area contributed by atoms with Gasteiger partial charge >= 0.3 is 0 Å². The molecule has 5 heteroatoms. The minimum atomic E-state index is -0.230. The summed E-state index contributed by atoms with van der Waals surface area (Å²) in [5, 5.41) is 0.782. The number of nitrogens with one attached hydrogen (secondary N) is 1. The molecule has 1 atom stereocenters. The molecule has 2 aromatic carbocycles. The van der Waals surface area contributed by atoms with E-state index >= 15 is 0 Å². The molecule has 21 heavy (non-hydrogen) atoms. The maximum Gasteiger partial charge on any atom is 0.171 e. The molecule has 0 saturated carbocycles. The molecule has 0 aliphatic rings. The van der Waals surface area contributed by atoms with Crippen LogP contribution < -0.4 is 5.73 Å². The molecule has 1 unspecified atom stereocenters. The number of halogens is 1. The lowest BCUT2D eigenvalue weighted by Gasteiger charge is -2.13. The molecule has 0 bridgehead atoms. The van der Waals surface area contributed by atoms with Gasteiger partial charge in [-0.1, -0.05) is 23.9 Å². The summed E-state index contributed by atoms with van der Waals surface area (Å²) in [4.78, 5) is 8.73. The molecule has 0 saturated heterocycles. The van der Waals surface area contributed by atoms with Crippen LogP contribution in [0.2, 0.25) is 0 Å². The number of fused-ring (bicyclic) bond motifs is 1. The number of nitrogens with zero attached hydrogens (tertiary/aromatic N) is 1. The second kappa shape index (κ2) is 5.50. The van der Waals surface area contributed by atoms with Gasteiger partial charge in [-0.25, -0.2) is 9.37 Å². The Kier molecular flexibility index (Phi) is 3.69. The standard InChI is InChI=1S/C16H16FN3S/c1-9-7-15(11(10(2)18)8-12(9)17)21-16-19-13-5-3-4-6-14(13)20-16/h3-8,10H,18H2,1-2H3,(H,19,20). The topological polar surface area (TPSA) is 54.7 Å². The molecule has 3 N–H and O–H groups in total. The first-order chi connectivity index (χ1) is 10.0. The van der Waals surface area contributed by atoms with Crippen molar-refractivity contribution < 1.29 is 4.39 Å². The number of hydrogen-bond acceptors (Lipinski definition) is 3. The van der Waals surface area contributed by atoms with Gasteiger partial charge in [-0.3, -0.25) is 0 Å². The third-order valence-corrected chi connectivity index (χ3v) is 4.32. The van der Waals surface area contributed by atoms with Crippen molar-refractivity contribution >= 4 is 22.8 Å². The summed E-state index contributed by atoms with van der Waals surface area (Å²) in [5.74, 6) is -0.226. The summed E-state index contributed by atoms with van der Waals surface area (Å²) in [6.45, 7) is 3.61. The van der Waals surface area contributed by atoms with E-state index < -0.39 is 0 Å². The molecule has 1 heterocycles. The van der Waals surface area contributed by atoms with Gasteiger partial charge in [-0.15, -0.1) is 0 Å². The third-order valence-electron chi connectivity index (χ3n) is 3.36. The van der Waals surface area contributed by atoms with E-state index in [1.807, 2.05) is 37.3 Å². The summed E-state index contributed by atoms with van der Waals surface area (Å²) in [6, 6.07) is 11.0. The molecular formula is C16H16FN3S. The molecule has 0 radical (unpaired) electrons. The van der Waals surface area contributed by atoms with E-state index in [0.29, 0.717) is 5.56 Å². The first-order valence-electron chi connectivity index (χ1n) is 6.73. The molecular weight excluding hydrogens is 285 g/mol. The van der Waals surface area contributed by atoms with E-state index in [1.165, 1.54) is 17.8 Å². The number of H-pyrrole nitrogens is 1. The second-order valence-electron chi connectivity index (χ2n) is 5.09. The van der Waals surface area contributed by atoms with Crippen molar-refractivity contribution in [1.29, 1.82) is 0 Å². The van der Waals surface area contributed by atoms with Crippen LogP contribution in [0.1, 0.15) is 24.1 Å². The molecule has 0 fully saturated rings. The van der Waals surface area contributed by atoms with Crippen molar-refractivity contribution in [3.63, 3.8) is 0 Å². The fraction of sp³-hybridized carbons (Fsp3) is 0.188. The van der Waals surface area contributed by atoms with Crippen LogP contribution >= 0.6 is 11.8 Å². The van der Waals surface area contributed by atoms with Crippen molar-refractivity contribution in [3.05, 3.63) is 53.3 Å². The Hall–Kier alpha value is -1.85. The van der Waals surface area contributed by atoms with Crippen molar-refractivity contribution in [2.45, 2.75) is 29.9 Å². The average molecular weight is 301 g/mol. The predicted molar refractivity (Wildman–Crippen MR) is 84.0 cm³/mol. The zero-order valence-corrected chi connectivity index (χ0v) is 12.7. The molecule has 3 aromatic rings. The van der Waals surface area contributed by atoms with E-state index in [2.05, 4.69) is 9.97 Å². The summed E-state index contributed by atoms with van der Waals surface area (Å²) < 4.78 is 13.7. The molecule has 0 aliphatic carbocycles. The first kappa shape index (κ1) is 14.1. The Labute approximate surface area is 126 Å². The van der Waals surface area contributed by atoms with Crippen LogP contribution in [0.5, 0.6) is 0 Å². The van der Waals surface area contributed by atoms with Gasteiger partial charge in [0, 0.05) is 10.9 Å². The van der Waals surface area contributed by atoms with Gasteiger partial charge in [0.25, 0.3) is 0 Å². The Morgan fingerprint density at radius 1 is 1.29 bits per heavy atom. The van der Waals surface area contributed by atoms with Gasteiger partial charge in [-0.2, -0.15) is 0 Å². The summed E-state index contributed by atoms with van der Waals surface area (Å²) in [7, 11) is 0. The van der Waals surface area contributed by atoms with Crippen molar-refractivity contribution in [2.75, 3.05) is 0 Å². The number of nitrogens with two attached hydrogens (primary N) is 1. The zero-order chi connectivity index (χ0) is 15.0. The Morgan fingerprint density at radius 3 is 2.76 bits per heavy atom. The van der Waals surface area contributed by atoms with Crippen molar-refractivity contribution in [1.82, 2.24) is 9.97 Å². The molecule has 3 rings (SSSR count). The fourth-order valence-electron chi connectivity index (χ4n) is 2.20. The minimum Gasteiger partial charge on any atom is -0.333 e. The normalized spacial score (nSPS) is 12.8. The van der Waals surface area contributed by atoms with E-state index in [1.54, 1.807) is 6.92 Å². The van der Waals surface area contributed by atoms with Gasteiger partial charge in [-0.05, 0) is 49.2 Å². The number of benzene rings is 2. The zero-order valence-electron chi connectivity index (χ0n) is 11.9.